The Balaban J connectivity index is -0.0000000615. The van der Waals surface area contributed by atoms with Crippen molar-refractivity contribution in [2.24, 2.45) is 5.73 Å². The van der Waals surface area contributed by atoms with E-state index in [2.05, 4.69) is 0 Å². The first-order valence-corrected chi connectivity index (χ1v) is 9.02. The molecule has 0 spiro atoms. The molecule has 0 aliphatic heterocycles. The summed E-state index contributed by atoms with van der Waals surface area (Å²) in [5.74, 6) is 0. The van der Waals surface area contributed by atoms with E-state index in [4.69, 9.17) is 24.6 Å². The summed E-state index contributed by atoms with van der Waals surface area (Å²) in [5.41, 5.74) is 5.63. The van der Waals surface area contributed by atoms with Crippen molar-refractivity contribution in [1.82, 2.24) is 6.15 Å². The number of hydrogen-bond acceptors (Lipinski definition) is 2. The molecule has 0 radical (unpaired) electrons. The number of hydrogen-bond donors (Lipinski definition) is 2. The predicted octanol–water partition coefficient (Wildman–Crippen LogP) is 1.17. The van der Waals surface area contributed by atoms with Crippen molar-refractivity contribution < 1.29 is 27.4 Å². The Morgan fingerprint density at radius 2 is 1.31 bits per heavy atom. The Kier molecular flexibility index (Phi) is 34.3. The van der Waals surface area contributed by atoms with Gasteiger partial charge in [-0.05, 0) is 12.8 Å². The molecule has 9 N–H and O–H groups in total. The van der Waals surface area contributed by atoms with Gasteiger partial charge in [0.2, 0.25) is 0 Å². The van der Waals surface area contributed by atoms with Gasteiger partial charge in [0, 0.05) is 6.04 Å². The van der Waals surface area contributed by atoms with E-state index in [0.29, 0.717) is 6.04 Å². The van der Waals surface area contributed by atoms with Gasteiger partial charge >= 0.3 is 35.3 Å². The fourth-order valence-corrected chi connectivity index (χ4v) is 1.13. The monoisotopic (exact) mass is 417 g/mol. The molecular formula is C6H20Cl2N2O2Pt+2. The van der Waals surface area contributed by atoms with Crippen molar-refractivity contribution in [1.29, 1.82) is 0 Å². The van der Waals surface area contributed by atoms with Gasteiger partial charge in [-0.15, -0.1) is 0 Å². The van der Waals surface area contributed by atoms with Crippen LogP contribution in [0.15, 0.2) is 0 Å². The molecule has 13 heavy (non-hydrogen) atoms. The van der Waals surface area contributed by atoms with Crippen LogP contribution in [0.3, 0.4) is 0 Å². The van der Waals surface area contributed by atoms with E-state index in [1.54, 1.807) is 0 Å². The van der Waals surface area contributed by atoms with Gasteiger partial charge in [-0.2, -0.15) is 0 Å². The first kappa shape index (κ1) is 23.7. The Hall–Kier alpha value is 1.11. The van der Waals surface area contributed by atoms with Crippen molar-refractivity contribution >= 4 is 18.8 Å². The minimum atomic E-state index is -0.472. The molecule has 0 heterocycles. The third kappa shape index (κ3) is 19.5. The molecule has 0 aromatic heterocycles. The first-order chi connectivity index (χ1) is 4.81. The third-order valence-corrected chi connectivity index (χ3v) is 1.65. The maximum absolute atomic E-state index is 5.63. The van der Waals surface area contributed by atoms with E-state index in [1.165, 1.54) is 32.1 Å². The Morgan fingerprint density at radius 1 is 1.00 bits per heavy atom. The van der Waals surface area contributed by atoms with Crippen LogP contribution >= 0.6 is 18.8 Å². The molecular weight excluding hydrogens is 398 g/mol. The van der Waals surface area contributed by atoms with Crippen molar-refractivity contribution in [2.75, 3.05) is 0 Å². The maximum atomic E-state index is 5.63. The molecule has 1 aliphatic rings. The molecule has 0 atom stereocenters. The summed E-state index contributed by atoms with van der Waals surface area (Å²) in [6.45, 7) is 0. The summed E-state index contributed by atoms with van der Waals surface area (Å²) >= 11 is -0.472. The molecule has 1 fully saturated rings. The van der Waals surface area contributed by atoms with Gasteiger partial charge in [0.25, 0.3) is 0 Å². The zero-order valence-electron chi connectivity index (χ0n) is 7.47. The molecule has 0 aromatic rings. The summed E-state index contributed by atoms with van der Waals surface area (Å²) in [7, 11) is 9.75. The minimum absolute atomic E-state index is 0. The van der Waals surface area contributed by atoms with E-state index in [-0.39, 0.29) is 17.1 Å². The second-order valence-electron chi connectivity index (χ2n) is 2.44. The summed E-state index contributed by atoms with van der Waals surface area (Å²) in [4.78, 5) is 0. The summed E-state index contributed by atoms with van der Waals surface area (Å²) in [5, 5.41) is 0. The quantitative estimate of drug-likeness (QED) is 0.613. The summed E-state index contributed by atoms with van der Waals surface area (Å²) in [6.07, 6.45) is 6.66. The molecule has 0 unspecified atom stereocenters. The summed E-state index contributed by atoms with van der Waals surface area (Å²) in [6, 6.07) is 0.536. The molecule has 0 bridgehead atoms. The third-order valence-electron chi connectivity index (χ3n) is 1.65. The molecule has 88 valence electrons. The standard InChI is InChI=1S/C6H13N.2ClH.H3N.2H2O.Pt/c7-6-4-2-1-3-5-6;;;;;;/h6H,1-5,7H2;2*1H;1H3;2*1H2;/q;;;;;;+4/p-2. The van der Waals surface area contributed by atoms with Crippen LogP contribution in [-0.2, 0) is 16.5 Å². The van der Waals surface area contributed by atoms with Gasteiger partial charge in [0.1, 0.15) is 0 Å². The van der Waals surface area contributed by atoms with E-state index in [0.717, 1.165) is 0 Å². The van der Waals surface area contributed by atoms with E-state index < -0.39 is 16.5 Å². The second-order valence-corrected chi connectivity index (χ2v) is 5.73. The fraction of sp³-hybridized carbons (Fsp3) is 1.00. The number of halogens is 2. The zero-order chi connectivity index (χ0) is 7.82. The fourth-order valence-electron chi connectivity index (χ4n) is 1.13. The second kappa shape index (κ2) is 18.8. The topological polar surface area (TPSA) is 124 Å². The van der Waals surface area contributed by atoms with Crippen LogP contribution in [0.25, 0.3) is 0 Å². The van der Waals surface area contributed by atoms with Crippen molar-refractivity contribution in [3.05, 3.63) is 0 Å². The van der Waals surface area contributed by atoms with Crippen LogP contribution in [0.4, 0.5) is 0 Å². The SMILES string of the molecule is N.NC1CCCCC1.O.O.[Cl][Pt+2][Cl]. The van der Waals surface area contributed by atoms with Crippen LogP contribution < -0.4 is 11.9 Å². The van der Waals surface area contributed by atoms with Crippen LogP contribution in [0.2, 0.25) is 0 Å². The van der Waals surface area contributed by atoms with Gasteiger partial charge in [-0.25, -0.2) is 0 Å². The molecule has 0 amide bonds. The molecule has 0 aromatic carbocycles. The Morgan fingerprint density at radius 3 is 1.46 bits per heavy atom. The van der Waals surface area contributed by atoms with Gasteiger partial charge < -0.3 is 22.8 Å². The molecule has 1 saturated carbocycles. The Labute approximate surface area is 96.1 Å². The molecule has 7 heteroatoms. The Bertz CT molecular complexity index is 77.7. The zero-order valence-corrected chi connectivity index (χ0v) is 11.3. The molecule has 1 aliphatic carbocycles. The van der Waals surface area contributed by atoms with E-state index in [1.807, 2.05) is 0 Å². The van der Waals surface area contributed by atoms with Crippen LogP contribution in [0.1, 0.15) is 32.1 Å². The van der Waals surface area contributed by atoms with Crippen molar-refractivity contribution in [2.45, 2.75) is 38.1 Å². The summed E-state index contributed by atoms with van der Waals surface area (Å²) < 4.78 is 0. The van der Waals surface area contributed by atoms with Gasteiger partial charge in [-0.1, -0.05) is 19.3 Å². The molecule has 4 nitrogen and oxygen atoms in total. The number of rotatable bonds is 0. The van der Waals surface area contributed by atoms with E-state index >= 15 is 0 Å². The first-order valence-electron chi connectivity index (χ1n) is 3.39. The van der Waals surface area contributed by atoms with Crippen LogP contribution in [0, 0.1) is 0 Å². The molecule has 1 rings (SSSR count). The van der Waals surface area contributed by atoms with Crippen molar-refractivity contribution in [3.8, 4) is 0 Å². The van der Waals surface area contributed by atoms with E-state index in [9.17, 15) is 0 Å². The van der Waals surface area contributed by atoms with Crippen LogP contribution in [-0.4, -0.2) is 17.0 Å². The van der Waals surface area contributed by atoms with Gasteiger partial charge in [0.15, 0.2) is 0 Å². The van der Waals surface area contributed by atoms with Crippen LogP contribution in [0.5, 0.6) is 0 Å². The molecule has 0 saturated heterocycles. The van der Waals surface area contributed by atoms with Gasteiger partial charge in [0.05, 0.1) is 0 Å². The normalized spacial score (nSPS) is 15.3. The average Bonchev–Trinajstić information content (AvgIpc) is 1.91. The van der Waals surface area contributed by atoms with Gasteiger partial charge in [-0.3, -0.25) is 0 Å². The average molecular weight is 418 g/mol. The van der Waals surface area contributed by atoms with Crippen molar-refractivity contribution in [3.63, 3.8) is 0 Å². The number of nitrogens with two attached hydrogens (primary N) is 1. The predicted molar refractivity (Wildman–Crippen MR) is 55.0 cm³/mol.